The lowest BCUT2D eigenvalue weighted by Gasteiger charge is -2.29. The van der Waals surface area contributed by atoms with Gasteiger partial charge in [-0.25, -0.2) is 4.79 Å². The molecule has 0 atom stereocenters. The molecule has 0 unspecified atom stereocenters. The zero-order chi connectivity index (χ0) is 15.8. The zero-order valence-corrected chi connectivity index (χ0v) is 9.94. The molecule has 0 aromatic rings. The maximum atomic E-state index is 12.3. The van der Waals surface area contributed by atoms with Crippen LogP contribution in [-0.4, -0.2) is 34.9 Å². The highest BCUT2D eigenvalue weighted by molar-refractivity contribution is 5.89. The number of aliphatic carboxylic acids is 1. The molecule has 1 amide bonds. The molecule has 0 bridgehead atoms. The Kier molecular flexibility index (Phi) is 4.25. The van der Waals surface area contributed by atoms with E-state index in [4.69, 9.17) is 5.11 Å². The Morgan fingerprint density at radius 1 is 1.00 bits per heavy atom. The van der Waals surface area contributed by atoms with Crippen LogP contribution in [0.2, 0.25) is 0 Å². The number of carboxylic acid groups (broad SMARTS) is 1. The molecule has 4 nitrogen and oxygen atoms in total. The van der Waals surface area contributed by atoms with Gasteiger partial charge in [0.05, 0.1) is 0 Å². The second-order valence-corrected chi connectivity index (χ2v) is 4.60. The van der Waals surface area contributed by atoms with E-state index < -0.39 is 35.7 Å². The third-order valence-electron chi connectivity index (χ3n) is 3.15. The highest BCUT2D eigenvalue weighted by atomic mass is 19.4. The van der Waals surface area contributed by atoms with E-state index in [2.05, 4.69) is 0 Å². The molecular formula is C10H11F6NO3. The highest BCUT2D eigenvalue weighted by Crippen LogP contribution is 2.40. The van der Waals surface area contributed by atoms with Gasteiger partial charge in [-0.2, -0.15) is 26.3 Å². The summed E-state index contributed by atoms with van der Waals surface area (Å²) in [6.45, 7) is 0. The lowest BCUT2D eigenvalue weighted by atomic mass is 9.96. The lowest BCUT2D eigenvalue weighted by molar-refractivity contribution is -0.274. The first-order valence-corrected chi connectivity index (χ1v) is 5.59. The van der Waals surface area contributed by atoms with Crippen LogP contribution in [0.1, 0.15) is 25.7 Å². The number of carbonyl (C=O) groups excluding carboxylic acids is 1. The fourth-order valence-electron chi connectivity index (χ4n) is 2.16. The van der Waals surface area contributed by atoms with E-state index in [1.54, 1.807) is 0 Å². The SMILES string of the molecule is O=C(NC1(C(=O)O)CCCC1)C(C(F)(F)F)C(F)(F)F. The number of carboxylic acids is 1. The van der Waals surface area contributed by atoms with Gasteiger partial charge in [0.2, 0.25) is 11.8 Å². The summed E-state index contributed by atoms with van der Waals surface area (Å²) >= 11 is 0. The number of carbonyl (C=O) groups is 2. The van der Waals surface area contributed by atoms with Crippen molar-refractivity contribution in [3.63, 3.8) is 0 Å². The minimum Gasteiger partial charge on any atom is -0.480 e. The van der Waals surface area contributed by atoms with E-state index in [1.165, 1.54) is 5.32 Å². The minimum absolute atomic E-state index is 0.198. The van der Waals surface area contributed by atoms with Crippen molar-refractivity contribution in [2.45, 2.75) is 43.6 Å². The maximum absolute atomic E-state index is 12.3. The molecule has 0 aromatic heterocycles. The number of rotatable bonds is 3. The van der Waals surface area contributed by atoms with Crippen LogP contribution in [-0.2, 0) is 9.59 Å². The summed E-state index contributed by atoms with van der Waals surface area (Å²) in [5, 5.41) is 10.3. The van der Waals surface area contributed by atoms with Gasteiger partial charge in [-0.1, -0.05) is 12.8 Å². The highest BCUT2D eigenvalue weighted by Gasteiger charge is 2.62. The number of halogens is 6. The van der Waals surface area contributed by atoms with E-state index in [0.717, 1.165) is 0 Å². The van der Waals surface area contributed by atoms with Gasteiger partial charge in [-0.05, 0) is 12.8 Å². The quantitative estimate of drug-likeness (QED) is 0.786. The summed E-state index contributed by atoms with van der Waals surface area (Å²) in [6.07, 6.45) is -11.5. The van der Waals surface area contributed by atoms with Crippen LogP contribution in [0.4, 0.5) is 26.3 Å². The van der Waals surface area contributed by atoms with Gasteiger partial charge in [0.25, 0.3) is 0 Å². The molecule has 1 rings (SSSR count). The van der Waals surface area contributed by atoms with Gasteiger partial charge >= 0.3 is 18.3 Å². The second-order valence-electron chi connectivity index (χ2n) is 4.60. The summed E-state index contributed by atoms with van der Waals surface area (Å²) in [6, 6.07) is 0. The average molecular weight is 307 g/mol. The van der Waals surface area contributed by atoms with Crippen molar-refractivity contribution in [1.82, 2.24) is 5.32 Å². The summed E-state index contributed by atoms with van der Waals surface area (Å²) < 4.78 is 74.0. The molecule has 0 aromatic carbocycles. The first-order chi connectivity index (χ1) is 8.90. The van der Waals surface area contributed by atoms with Crippen LogP contribution in [0.3, 0.4) is 0 Å². The van der Waals surface area contributed by atoms with Gasteiger partial charge in [0.15, 0.2) is 0 Å². The number of nitrogens with one attached hydrogen (secondary N) is 1. The van der Waals surface area contributed by atoms with Gasteiger partial charge in [0.1, 0.15) is 5.54 Å². The first kappa shape index (κ1) is 16.6. The molecular weight excluding hydrogens is 296 g/mol. The van der Waals surface area contributed by atoms with Crippen molar-refractivity contribution in [2.24, 2.45) is 5.92 Å². The largest absolute Gasteiger partial charge is 0.480 e. The predicted molar refractivity (Wildman–Crippen MR) is 52.6 cm³/mol. The molecule has 1 aliphatic carbocycles. The monoisotopic (exact) mass is 307 g/mol. The van der Waals surface area contributed by atoms with Gasteiger partial charge in [-0.3, -0.25) is 4.79 Å². The normalized spacial score (nSPS) is 19.1. The number of hydrogen-bond donors (Lipinski definition) is 2. The predicted octanol–water partition coefficient (Wildman–Crippen LogP) is 2.24. The van der Waals surface area contributed by atoms with Crippen LogP contribution in [0.5, 0.6) is 0 Å². The van der Waals surface area contributed by atoms with Crippen LogP contribution in [0.25, 0.3) is 0 Å². The third-order valence-corrected chi connectivity index (χ3v) is 3.15. The summed E-state index contributed by atoms with van der Waals surface area (Å²) in [7, 11) is 0. The Morgan fingerprint density at radius 3 is 1.70 bits per heavy atom. The van der Waals surface area contributed by atoms with Crippen LogP contribution < -0.4 is 5.32 Å². The smallest absolute Gasteiger partial charge is 0.409 e. The number of hydrogen-bond acceptors (Lipinski definition) is 2. The van der Waals surface area contributed by atoms with Crippen LogP contribution in [0.15, 0.2) is 0 Å². The maximum Gasteiger partial charge on any atom is 0.409 e. The molecule has 0 radical (unpaired) electrons. The molecule has 10 heteroatoms. The van der Waals surface area contributed by atoms with Crippen molar-refractivity contribution in [2.75, 3.05) is 0 Å². The van der Waals surface area contributed by atoms with E-state index in [1.807, 2.05) is 0 Å². The van der Waals surface area contributed by atoms with Crippen molar-refractivity contribution in [3.8, 4) is 0 Å². The van der Waals surface area contributed by atoms with Crippen molar-refractivity contribution in [3.05, 3.63) is 0 Å². The Morgan fingerprint density at radius 2 is 1.40 bits per heavy atom. The Balaban J connectivity index is 3.00. The fourth-order valence-corrected chi connectivity index (χ4v) is 2.16. The van der Waals surface area contributed by atoms with Gasteiger partial charge in [-0.15, -0.1) is 0 Å². The van der Waals surface area contributed by atoms with Crippen molar-refractivity contribution in [1.29, 1.82) is 0 Å². The molecule has 0 spiro atoms. The lowest BCUT2D eigenvalue weighted by Crippen LogP contribution is -2.58. The van der Waals surface area contributed by atoms with Crippen LogP contribution in [0, 0.1) is 5.92 Å². The molecule has 0 heterocycles. The molecule has 1 aliphatic rings. The Labute approximate surface area is 109 Å². The summed E-state index contributed by atoms with van der Waals surface area (Å²) in [5.74, 6) is -8.24. The number of alkyl halides is 6. The minimum atomic E-state index is -5.83. The van der Waals surface area contributed by atoms with Crippen LogP contribution >= 0.6 is 0 Å². The van der Waals surface area contributed by atoms with Crippen molar-refractivity contribution < 1.29 is 41.0 Å². The molecule has 1 saturated carbocycles. The number of amides is 1. The third kappa shape index (κ3) is 3.34. The molecule has 20 heavy (non-hydrogen) atoms. The molecule has 0 saturated heterocycles. The topological polar surface area (TPSA) is 66.4 Å². The van der Waals surface area contributed by atoms with Crippen molar-refractivity contribution >= 4 is 11.9 Å². The molecule has 0 aliphatic heterocycles. The van der Waals surface area contributed by atoms with Gasteiger partial charge in [0, 0.05) is 0 Å². The summed E-state index contributed by atoms with van der Waals surface area (Å²) in [5.41, 5.74) is -2.05. The average Bonchev–Trinajstić information content (AvgIpc) is 2.61. The van der Waals surface area contributed by atoms with E-state index >= 15 is 0 Å². The second kappa shape index (κ2) is 5.13. The summed E-state index contributed by atoms with van der Waals surface area (Å²) in [4.78, 5) is 22.3. The Hall–Kier alpha value is -1.48. The molecule has 2 N–H and O–H groups in total. The molecule has 116 valence electrons. The fraction of sp³-hybridized carbons (Fsp3) is 0.800. The Bertz CT molecular complexity index is 383. The standard InChI is InChI=1S/C10H11F6NO3/c11-9(12,13)5(10(14,15)16)6(18)17-8(7(19)20)3-1-2-4-8/h5H,1-4H2,(H,17,18)(H,19,20). The van der Waals surface area contributed by atoms with E-state index in [-0.39, 0.29) is 12.8 Å². The van der Waals surface area contributed by atoms with E-state index in [0.29, 0.717) is 12.8 Å². The van der Waals surface area contributed by atoms with E-state index in [9.17, 15) is 35.9 Å². The zero-order valence-electron chi connectivity index (χ0n) is 9.94. The molecule has 1 fully saturated rings. The van der Waals surface area contributed by atoms with Gasteiger partial charge < -0.3 is 10.4 Å². The first-order valence-electron chi connectivity index (χ1n) is 5.59.